The Morgan fingerprint density at radius 3 is 2.68 bits per heavy atom. The minimum absolute atomic E-state index is 0.0463. The van der Waals surface area contributed by atoms with Crippen LogP contribution in [0.2, 0.25) is 0 Å². The molecule has 2 aliphatic rings. The summed E-state index contributed by atoms with van der Waals surface area (Å²) in [6, 6.07) is 4.20. The number of aryl methyl sites for hydroxylation is 1. The van der Waals surface area contributed by atoms with Crippen LogP contribution in [0, 0.1) is 23.0 Å². The van der Waals surface area contributed by atoms with E-state index >= 15 is 0 Å². The first-order valence-electron chi connectivity index (χ1n) is 8.74. The molecule has 1 saturated heterocycles. The average molecular weight is 345 g/mol. The number of hydrogen-bond acceptors (Lipinski definition) is 4. The first kappa shape index (κ1) is 17.4. The summed E-state index contributed by atoms with van der Waals surface area (Å²) in [6.07, 6.45) is 3.35. The maximum atomic E-state index is 12.6. The summed E-state index contributed by atoms with van der Waals surface area (Å²) in [5, 5.41) is 14.0. The fourth-order valence-electron chi connectivity index (χ4n) is 3.35. The van der Waals surface area contributed by atoms with Crippen molar-refractivity contribution >= 4 is 17.5 Å². The standard InChI is InChI=1S/C18H23N3O4/c1-11-5-6-14(10-16(11)21(24)25)12(2)19-17(22)15-4-3-9-20(15)18(23)13-7-8-13/h5-6,10,12-13,15H,3-4,7-9H2,1-2H3,(H,19,22)/t12-,15-/m1/s1. The van der Waals surface area contributed by atoms with Crippen LogP contribution in [0.1, 0.15) is 49.8 Å². The molecule has 2 atom stereocenters. The third-order valence-corrected chi connectivity index (χ3v) is 5.05. The fourth-order valence-corrected chi connectivity index (χ4v) is 3.35. The van der Waals surface area contributed by atoms with Gasteiger partial charge in [-0.05, 0) is 45.1 Å². The average Bonchev–Trinajstić information content (AvgIpc) is 3.30. The van der Waals surface area contributed by atoms with Gasteiger partial charge in [-0.2, -0.15) is 0 Å². The molecule has 7 nitrogen and oxygen atoms in total. The van der Waals surface area contributed by atoms with Crippen molar-refractivity contribution < 1.29 is 14.5 Å². The molecule has 1 heterocycles. The van der Waals surface area contributed by atoms with Gasteiger partial charge in [-0.1, -0.05) is 12.1 Å². The largest absolute Gasteiger partial charge is 0.348 e. The van der Waals surface area contributed by atoms with E-state index in [0.29, 0.717) is 24.1 Å². The summed E-state index contributed by atoms with van der Waals surface area (Å²) in [6.45, 7) is 4.12. The number of benzene rings is 1. The summed E-state index contributed by atoms with van der Waals surface area (Å²) >= 11 is 0. The molecule has 1 aliphatic carbocycles. The minimum Gasteiger partial charge on any atom is -0.348 e. The minimum atomic E-state index is -0.420. The van der Waals surface area contributed by atoms with E-state index < -0.39 is 11.0 Å². The van der Waals surface area contributed by atoms with Crippen molar-refractivity contribution in [3.63, 3.8) is 0 Å². The lowest BCUT2D eigenvalue weighted by atomic mass is 10.0. The maximum absolute atomic E-state index is 12.6. The summed E-state index contributed by atoms with van der Waals surface area (Å²) in [5.41, 5.74) is 1.32. The lowest BCUT2D eigenvalue weighted by Gasteiger charge is -2.25. The predicted octanol–water partition coefficient (Wildman–Crippen LogP) is 2.48. The molecule has 134 valence electrons. The van der Waals surface area contributed by atoms with Crippen LogP contribution in [0.25, 0.3) is 0 Å². The third-order valence-electron chi connectivity index (χ3n) is 5.05. The Kier molecular flexibility index (Phi) is 4.74. The number of rotatable bonds is 5. The van der Waals surface area contributed by atoms with Gasteiger partial charge in [0.2, 0.25) is 11.8 Å². The first-order valence-corrected chi connectivity index (χ1v) is 8.74. The van der Waals surface area contributed by atoms with Gasteiger partial charge >= 0.3 is 0 Å². The van der Waals surface area contributed by atoms with Gasteiger partial charge in [-0.25, -0.2) is 0 Å². The number of likely N-dealkylation sites (tertiary alicyclic amines) is 1. The molecule has 0 radical (unpaired) electrons. The molecular weight excluding hydrogens is 322 g/mol. The number of carbonyl (C=O) groups is 2. The second-order valence-corrected chi connectivity index (χ2v) is 7.00. The summed E-state index contributed by atoms with van der Waals surface area (Å²) in [5.74, 6) is 0.0177. The highest BCUT2D eigenvalue weighted by Crippen LogP contribution is 2.34. The second kappa shape index (κ2) is 6.82. The van der Waals surface area contributed by atoms with E-state index in [-0.39, 0.29) is 29.5 Å². The molecule has 0 unspecified atom stereocenters. The van der Waals surface area contributed by atoms with Gasteiger partial charge in [0.05, 0.1) is 11.0 Å². The van der Waals surface area contributed by atoms with Crippen molar-refractivity contribution in [2.24, 2.45) is 5.92 Å². The van der Waals surface area contributed by atoms with Gasteiger partial charge < -0.3 is 10.2 Å². The quantitative estimate of drug-likeness (QED) is 0.655. The molecule has 2 fully saturated rings. The zero-order valence-corrected chi connectivity index (χ0v) is 14.5. The Bertz CT molecular complexity index is 714. The van der Waals surface area contributed by atoms with E-state index in [4.69, 9.17) is 0 Å². The van der Waals surface area contributed by atoms with E-state index in [2.05, 4.69) is 5.32 Å². The van der Waals surface area contributed by atoms with Gasteiger partial charge in [0.15, 0.2) is 0 Å². The van der Waals surface area contributed by atoms with E-state index in [9.17, 15) is 19.7 Å². The molecule has 3 rings (SSSR count). The molecule has 1 aromatic carbocycles. The highest BCUT2D eigenvalue weighted by molar-refractivity contribution is 5.90. The van der Waals surface area contributed by atoms with Crippen molar-refractivity contribution in [2.45, 2.75) is 51.6 Å². The lowest BCUT2D eigenvalue weighted by Crippen LogP contribution is -2.47. The van der Waals surface area contributed by atoms with Crippen LogP contribution < -0.4 is 5.32 Å². The predicted molar refractivity (Wildman–Crippen MR) is 91.9 cm³/mol. The molecular formula is C18H23N3O4. The fraction of sp³-hybridized carbons (Fsp3) is 0.556. The van der Waals surface area contributed by atoms with Gasteiger partial charge in [0, 0.05) is 24.1 Å². The number of nitrogens with one attached hydrogen (secondary N) is 1. The lowest BCUT2D eigenvalue weighted by molar-refractivity contribution is -0.385. The maximum Gasteiger partial charge on any atom is 0.272 e. The molecule has 7 heteroatoms. The van der Waals surface area contributed by atoms with Crippen LogP contribution >= 0.6 is 0 Å². The first-order chi connectivity index (χ1) is 11.9. The zero-order valence-electron chi connectivity index (χ0n) is 14.5. The molecule has 0 aromatic heterocycles. The van der Waals surface area contributed by atoms with Crippen molar-refractivity contribution in [1.29, 1.82) is 0 Å². The summed E-state index contributed by atoms with van der Waals surface area (Å²) in [4.78, 5) is 37.3. The van der Waals surface area contributed by atoms with Crippen LogP contribution in [-0.2, 0) is 9.59 Å². The smallest absolute Gasteiger partial charge is 0.272 e. The number of nitro groups is 1. The molecule has 0 bridgehead atoms. The van der Waals surface area contributed by atoms with Crippen molar-refractivity contribution in [3.8, 4) is 0 Å². The van der Waals surface area contributed by atoms with Crippen molar-refractivity contribution in [2.75, 3.05) is 6.54 Å². The highest BCUT2D eigenvalue weighted by atomic mass is 16.6. The van der Waals surface area contributed by atoms with Crippen LogP contribution in [0.15, 0.2) is 18.2 Å². The van der Waals surface area contributed by atoms with Gasteiger partial charge in [0.25, 0.3) is 5.69 Å². The van der Waals surface area contributed by atoms with Gasteiger partial charge in [-0.15, -0.1) is 0 Å². The van der Waals surface area contributed by atoms with E-state index in [1.54, 1.807) is 30.9 Å². The molecule has 2 amide bonds. The van der Waals surface area contributed by atoms with Crippen LogP contribution in [0.5, 0.6) is 0 Å². The number of carbonyl (C=O) groups excluding carboxylic acids is 2. The van der Waals surface area contributed by atoms with Gasteiger partial charge in [0.1, 0.15) is 6.04 Å². The molecule has 0 spiro atoms. The topological polar surface area (TPSA) is 92.6 Å². The number of hydrogen-bond donors (Lipinski definition) is 1. The molecule has 1 N–H and O–H groups in total. The Morgan fingerprint density at radius 1 is 1.32 bits per heavy atom. The number of nitro benzene ring substituents is 1. The Morgan fingerprint density at radius 2 is 2.04 bits per heavy atom. The SMILES string of the molecule is Cc1ccc([C@@H](C)NC(=O)[C@H]2CCCN2C(=O)C2CC2)cc1[N+](=O)[O-]. The monoisotopic (exact) mass is 345 g/mol. The van der Waals surface area contributed by atoms with E-state index in [0.717, 1.165) is 19.3 Å². The van der Waals surface area contributed by atoms with Crippen LogP contribution in [0.3, 0.4) is 0 Å². The normalized spacial score (nSPS) is 21.0. The van der Waals surface area contributed by atoms with E-state index in [1.165, 1.54) is 6.07 Å². The van der Waals surface area contributed by atoms with Crippen LogP contribution in [-0.4, -0.2) is 34.2 Å². The zero-order chi connectivity index (χ0) is 18.1. The molecule has 25 heavy (non-hydrogen) atoms. The highest BCUT2D eigenvalue weighted by Gasteiger charge is 2.41. The Balaban J connectivity index is 1.68. The molecule has 1 aromatic rings. The summed E-state index contributed by atoms with van der Waals surface area (Å²) in [7, 11) is 0. The summed E-state index contributed by atoms with van der Waals surface area (Å²) < 4.78 is 0. The number of amides is 2. The van der Waals surface area contributed by atoms with Crippen molar-refractivity contribution in [3.05, 3.63) is 39.4 Å². The van der Waals surface area contributed by atoms with Crippen LogP contribution in [0.4, 0.5) is 5.69 Å². The molecule has 1 saturated carbocycles. The molecule has 1 aliphatic heterocycles. The van der Waals surface area contributed by atoms with Gasteiger partial charge in [-0.3, -0.25) is 19.7 Å². The van der Waals surface area contributed by atoms with Crippen molar-refractivity contribution in [1.82, 2.24) is 10.2 Å². The Labute approximate surface area is 146 Å². The number of nitrogens with zero attached hydrogens (tertiary/aromatic N) is 2. The second-order valence-electron chi connectivity index (χ2n) is 7.00. The third kappa shape index (κ3) is 3.65. The Hall–Kier alpha value is -2.44. The van der Waals surface area contributed by atoms with E-state index in [1.807, 2.05) is 0 Å².